The largest absolute Gasteiger partial charge is 0.345 e. The molecule has 2 aromatic rings. The van der Waals surface area contributed by atoms with E-state index in [-0.39, 0.29) is 36.8 Å². The van der Waals surface area contributed by atoms with Gasteiger partial charge < -0.3 is 10.6 Å². The quantitative estimate of drug-likeness (QED) is 0.752. The van der Waals surface area contributed by atoms with Crippen LogP contribution in [0.15, 0.2) is 54.9 Å². The summed E-state index contributed by atoms with van der Waals surface area (Å²) in [7, 11) is 0. The van der Waals surface area contributed by atoms with Crippen LogP contribution in [0.3, 0.4) is 0 Å². The number of aromatic nitrogens is 1. The average molecular weight is 410 g/mol. The Hall–Kier alpha value is -1.62. The number of hydrogen-bond acceptors (Lipinski definition) is 3. The summed E-state index contributed by atoms with van der Waals surface area (Å²) in [5.41, 5.74) is 2.09. The summed E-state index contributed by atoms with van der Waals surface area (Å²) in [5, 5.41) is 6.66. The molecule has 1 fully saturated rings. The van der Waals surface area contributed by atoms with Gasteiger partial charge in [-0.05, 0) is 55.0 Å². The fourth-order valence-electron chi connectivity index (χ4n) is 3.59. The zero-order chi connectivity index (χ0) is 17.5. The maximum atomic E-state index is 12.7. The summed E-state index contributed by atoms with van der Waals surface area (Å²) < 4.78 is 0. The molecule has 1 saturated heterocycles. The second-order valence-corrected chi connectivity index (χ2v) is 6.99. The highest BCUT2D eigenvalue weighted by atomic mass is 35.5. The van der Waals surface area contributed by atoms with E-state index in [2.05, 4.69) is 22.5 Å². The zero-order valence-electron chi connectivity index (χ0n) is 15.6. The van der Waals surface area contributed by atoms with Crippen LogP contribution in [-0.2, 0) is 4.79 Å². The summed E-state index contributed by atoms with van der Waals surface area (Å²) >= 11 is 0. The number of pyridine rings is 1. The van der Waals surface area contributed by atoms with Gasteiger partial charge in [-0.1, -0.05) is 43.3 Å². The van der Waals surface area contributed by atoms with E-state index in [0.717, 1.165) is 24.2 Å². The molecule has 0 radical (unpaired) electrons. The van der Waals surface area contributed by atoms with Gasteiger partial charge in [0.1, 0.15) is 0 Å². The molecule has 1 aliphatic heterocycles. The van der Waals surface area contributed by atoms with Crippen LogP contribution in [0.4, 0.5) is 0 Å². The number of amides is 1. The van der Waals surface area contributed by atoms with E-state index in [4.69, 9.17) is 0 Å². The van der Waals surface area contributed by atoms with E-state index in [9.17, 15) is 4.79 Å². The minimum atomic E-state index is -0.154. The minimum Gasteiger partial charge on any atom is -0.345 e. The van der Waals surface area contributed by atoms with Crippen molar-refractivity contribution in [2.45, 2.75) is 32.2 Å². The molecule has 148 valence electrons. The van der Waals surface area contributed by atoms with E-state index in [1.807, 2.05) is 48.7 Å². The highest BCUT2D eigenvalue weighted by molar-refractivity contribution is 5.85. The summed E-state index contributed by atoms with van der Waals surface area (Å²) in [5.74, 6) is 1.09. The molecule has 4 nitrogen and oxygen atoms in total. The second-order valence-electron chi connectivity index (χ2n) is 6.99. The monoisotopic (exact) mass is 409 g/mol. The van der Waals surface area contributed by atoms with Gasteiger partial charge in [0.2, 0.25) is 5.91 Å². The molecule has 1 aromatic heterocycles. The number of piperidine rings is 1. The summed E-state index contributed by atoms with van der Waals surface area (Å²) in [6, 6.07) is 13.9. The van der Waals surface area contributed by atoms with Crippen LogP contribution in [0, 0.1) is 11.8 Å². The van der Waals surface area contributed by atoms with Crippen LogP contribution in [0.25, 0.3) is 0 Å². The molecule has 1 amide bonds. The summed E-state index contributed by atoms with van der Waals surface area (Å²) in [4.78, 5) is 16.9. The maximum absolute atomic E-state index is 12.7. The number of nitrogens with one attached hydrogen (secondary N) is 2. The van der Waals surface area contributed by atoms with Gasteiger partial charge >= 0.3 is 0 Å². The first-order chi connectivity index (χ1) is 12.2. The predicted octanol–water partition coefficient (Wildman–Crippen LogP) is 4.16. The summed E-state index contributed by atoms with van der Waals surface area (Å²) in [6.45, 7) is 4.32. The standard InChI is InChI=1S/C21H27N3O.2ClH/c1-16(18-9-5-11-22-14-18)13-20(25)24-21(17-7-3-2-4-8-17)19-10-6-12-23-15-19;;/h2-4,6-8,10,12,15-16,18,21-22H,5,9,11,13-14H2,1H3,(H,24,25);2*1H. The topological polar surface area (TPSA) is 54.0 Å². The number of carbonyl (C=O) groups excluding carboxylic acids is 1. The van der Waals surface area contributed by atoms with Crippen LogP contribution in [-0.4, -0.2) is 24.0 Å². The molecule has 2 heterocycles. The number of halogens is 2. The summed E-state index contributed by atoms with van der Waals surface area (Å²) in [6.07, 6.45) is 6.57. The highest BCUT2D eigenvalue weighted by Gasteiger charge is 2.24. The molecule has 3 unspecified atom stereocenters. The van der Waals surface area contributed by atoms with Crippen molar-refractivity contribution in [1.29, 1.82) is 0 Å². The predicted molar refractivity (Wildman–Crippen MR) is 115 cm³/mol. The molecule has 0 aliphatic carbocycles. The number of nitrogens with zero attached hydrogens (tertiary/aromatic N) is 1. The molecular formula is C21H29Cl2N3O. The van der Waals surface area contributed by atoms with Crippen molar-refractivity contribution >= 4 is 30.7 Å². The Morgan fingerprint density at radius 3 is 2.56 bits per heavy atom. The molecule has 1 aromatic carbocycles. The van der Waals surface area contributed by atoms with Gasteiger partial charge in [-0.3, -0.25) is 9.78 Å². The Morgan fingerprint density at radius 2 is 1.93 bits per heavy atom. The van der Waals surface area contributed by atoms with Crippen LogP contribution in [0.5, 0.6) is 0 Å². The van der Waals surface area contributed by atoms with Gasteiger partial charge in [0.15, 0.2) is 0 Å². The molecule has 2 N–H and O–H groups in total. The van der Waals surface area contributed by atoms with Crippen LogP contribution in [0.1, 0.15) is 43.4 Å². The van der Waals surface area contributed by atoms with Crippen LogP contribution < -0.4 is 10.6 Å². The van der Waals surface area contributed by atoms with Gasteiger partial charge in [0, 0.05) is 18.8 Å². The van der Waals surface area contributed by atoms with E-state index >= 15 is 0 Å². The fraction of sp³-hybridized carbons (Fsp3) is 0.429. The first-order valence-electron chi connectivity index (χ1n) is 9.19. The van der Waals surface area contributed by atoms with Crippen molar-refractivity contribution in [3.63, 3.8) is 0 Å². The van der Waals surface area contributed by atoms with E-state index in [1.165, 1.54) is 12.8 Å². The molecule has 3 atom stereocenters. The molecule has 6 heteroatoms. The molecule has 0 spiro atoms. The Kier molecular flexibility index (Phi) is 10.4. The van der Waals surface area contributed by atoms with Crippen molar-refractivity contribution < 1.29 is 4.79 Å². The second kappa shape index (κ2) is 12.0. The van der Waals surface area contributed by atoms with Crippen molar-refractivity contribution in [2.75, 3.05) is 13.1 Å². The minimum absolute atomic E-state index is 0. The normalized spacial score (nSPS) is 18.3. The van der Waals surface area contributed by atoms with Crippen molar-refractivity contribution in [2.24, 2.45) is 11.8 Å². The van der Waals surface area contributed by atoms with E-state index in [1.54, 1.807) is 6.20 Å². The molecule has 1 aliphatic rings. The number of carbonyl (C=O) groups is 1. The number of rotatable bonds is 6. The third kappa shape index (κ3) is 6.80. The Morgan fingerprint density at radius 1 is 1.19 bits per heavy atom. The molecule has 3 rings (SSSR count). The lowest BCUT2D eigenvalue weighted by Gasteiger charge is -2.28. The maximum Gasteiger partial charge on any atom is 0.221 e. The molecule has 0 bridgehead atoms. The Balaban J connectivity index is 0.00000182. The zero-order valence-corrected chi connectivity index (χ0v) is 17.3. The third-order valence-corrected chi connectivity index (χ3v) is 5.10. The van der Waals surface area contributed by atoms with Gasteiger partial charge in [0.25, 0.3) is 0 Å². The van der Waals surface area contributed by atoms with E-state index in [0.29, 0.717) is 18.3 Å². The third-order valence-electron chi connectivity index (χ3n) is 5.10. The smallest absolute Gasteiger partial charge is 0.221 e. The van der Waals surface area contributed by atoms with Crippen molar-refractivity contribution in [3.8, 4) is 0 Å². The van der Waals surface area contributed by atoms with Gasteiger partial charge in [-0.15, -0.1) is 24.8 Å². The highest BCUT2D eigenvalue weighted by Crippen LogP contribution is 2.25. The van der Waals surface area contributed by atoms with Gasteiger partial charge in [0.05, 0.1) is 6.04 Å². The first-order valence-corrected chi connectivity index (χ1v) is 9.19. The fourth-order valence-corrected chi connectivity index (χ4v) is 3.59. The average Bonchev–Trinajstić information content (AvgIpc) is 2.68. The van der Waals surface area contributed by atoms with Crippen molar-refractivity contribution in [3.05, 3.63) is 66.0 Å². The molecule has 27 heavy (non-hydrogen) atoms. The lowest BCUT2D eigenvalue weighted by molar-refractivity contribution is -0.122. The van der Waals surface area contributed by atoms with E-state index < -0.39 is 0 Å². The van der Waals surface area contributed by atoms with Gasteiger partial charge in [-0.25, -0.2) is 0 Å². The lowest BCUT2D eigenvalue weighted by atomic mass is 9.85. The number of benzene rings is 1. The Bertz CT molecular complexity index is 624. The lowest BCUT2D eigenvalue weighted by Crippen LogP contribution is -2.36. The number of hydrogen-bond donors (Lipinski definition) is 2. The molecular weight excluding hydrogens is 381 g/mol. The van der Waals surface area contributed by atoms with Crippen LogP contribution in [0.2, 0.25) is 0 Å². The van der Waals surface area contributed by atoms with Crippen LogP contribution >= 0.6 is 24.8 Å². The first kappa shape index (κ1) is 23.4. The Labute approximate surface area is 174 Å². The van der Waals surface area contributed by atoms with Gasteiger partial charge in [-0.2, -0.15) is 0 Å². The molecule has 0 saturated carbocycles. The SMILES string of the molecule is CC(CC(=O)NC(c1ccccc1)c1cccnc1)C1CCCNC1.Cl.Cl. The van der Waals surface area contributed by atoms with Crippen molar-refractivity contribution in [1.82, 2.24) is 15.6 Å².